The van der Waals surface area contributed by atoms with Crippen LogP contribution in [0.5, 0.6) is 17.2 Å². The van der Waals surface area contributed by atoms with Gasteiger partial charge in [0.15, 0.2) is 11.6 Å². The van der Waals surface area contributed by atoms with E-state index in [4.69, 9.17) is 30.8 Å². The normalized spacial score (nSPS) is 14.8. The molecule has 0 radical (unpaired) electrons. The van der Waals surface area contributed by atoms with Gasteiger partial charge < -0.3 is 29.0 Å². The van der Waals surface area contributed by atoms with Crippen molar-refractivity contribution in [3.05, 3.63) is 71.4 Å². The van der Waals surface area contributed by atoms with E-state index in [1.165, 1.54) is 0 Å². The Labute approximate surface area is 208 Å². The summed E-state index contributed by atoms with van der Waals surface area (Å²) in [5.74, 6) is 3.13. The number of imidazole rings is 1. The van der Waals surface area contributed by atoms with E-state index in [1.54, 1.807) is 26.7 Å². The van der Waals surface area contributed by atoms with Crippen LogP contribution in [0, 0.1) is 6.92 Å². The van der Waals surface area contributed by atoms with E-state index in [0.29, 0.717) is 34.9 Å². The monoisotopic (exact) mass is 492 g/mol. The fourth-order valence-corrected chi connectivity index (χ4v) is 4.30. The molecular formula is C25H25ClN6O3. The molecule has 1 atom stereocenters. The highest BCUT2D eigenvalue weighted by Gasteiger charge is 2.30. The number of nitrogens with one attached hydrogen (secondary N) is 1. The third-order valence-corrected chi connectivity index (χ3v) is 6.27. The minimum absolute atomic E-state index is 0.133. The van der Waals surface area contributed by atoms with E-state index >= 15 is 0 Å². The first-order valence-corrected chi connectivity index (χ1v) is 11.4. The van der Waals surface area contributed by atoms with Gasteiger partial charge in [-0.3, -0.25) is 0 Å². The third kappa shape index (κ3) is 4.42. The average Bonchev–Trinajstić information content (AvgIpc) is 3.31. The first-order valence-electron chi connectivity index (χ1n) is 11.0. The molecule has 1 N–H and O–H groups in total. The van der Waals surface area contributed by atoms with Crippen LogP contribution in [0.15, 0.2) is 55.1 Å². The molecule has 3 heterocycles. The van der Waals surface area contributed by atoms with E-state index in [9.17, 15) is 0 Å². The van der Waals surface area contributed by atoms with Crippen LogP contribution in [0.2, 0.25) is 5.02 Å². The molecule has 1 unspecified atom stereocenters. The Hall–Kier alpha value is -3.98. The van der Waals surface area contributed by atoms with Gasteiger partial charge in [-0.05, 0) is 37.3 Å². The van der Waals surface area contributed by atoms with Crippen LogP contribution in [0.25, 0.3) is 5.69 Å². The molecule has 5 rings (SSSR count). The predicted molar refractivity (Wildman–Crippen MR) is 135 cm³/mol. The Balaban J connectivity index is 1.41. The number of rotatable bonds is 6. The molecule has 1 aliphatic heterocycles. The van der Waals surface area contributed by atoms with Gasteiger partial charge in [-0.25, -0.2) is 9.97 Å². The SMILES string of the molecule is COc1ccc(Cl)c(C2COc3cnc(Nc4ccc(-n5cnc(C)c5)c(OC)c4)nc3N2C)c1. The molecule has 2 aromatic carbocycles. The van der Waals surface area contributed by atoms with E-state index < -0.39 is 0 Å². The number of hydrogen-bond donors (Lipinski definition) is 1. The van der Waals surface area contributed by atoms with Gasteiger partial charge in [0.2, 0.25) is 5.95 Å². The number of benzene rings is 2. The molecular weight excluding hydrogens is 468 g/mol. The summed E-state index contributed by atoms with van der Waals surface area (Å²) < 4.78 is 18.9. The lowest BCUT2D eigenvalue weighted by molar-refractivity contribution is 0.265. The summed E-state index contributed by atoms with van der Waals surface area (Å²) in [6.07, 6.45) is 5.37. The number of fused-ring (bicyclic) bond motifs is 1. The summed E-state index contributed by atoms with van der Waals surface area (Å²) in [6, 6.07) is 11.2. The fourth-order valence-electron chi connectivity index (χ4n) is 4.06. The van der Waals surface area contributed by atoms with E-state index in [-0.39, 0.29) is 6.04 Å². The smallest absolute Gasteiger partial charge is 0.229 e. The van der Waals surface area contributed by atoms with Gasteiger partial charge in [-0.1, -0.05) is 11.6 Å². The summed E-state index contributed by atoms with van der Waals surface area (Å²) in [5, 5.41) is 3.90. The lowest BCUT2D eigenvalue weighted by atomic mass is 10.0. The number of ether oxygens (including phenoxy) is 3. The van der Waals surface area contributed by atoms with Gasteiger partial charge in [-0.15, -0.1) is 0 Å². The van der Waals surface area contributed by atoms with E-state index in [2.05, 4.69) is 15.3 Å². The Kier molecular flexibility index (Phi) is 6.08. The minimum atomic E-state index is -0.133. The topological polar surface area (TPSA) is 86.6 Å². The van der Waals surface area contributed by atoms with Crippen LogP contribution in [0.4, 0.5) is 17.5 Å². The average molecular weight is 493 g/mol. The fraction of sp³-hybridized carbons (Fsp3) is 0.240. The van der Waals surface area contributed by atoms with Crippen molar-refractivity contribution in [2.75, 3.05) is 38.1 Å². The first-order chi connectivity index (χ1) is 17.0. The number of methoxy groups -OCH3 is 2. The highest BCUT2D eigenvalue weighted by molar-refractivity contribution is 6.31. The number of aryl methyl sites for hydroxylation is 1. The van der Waals surface area contributed by atoms with Crippen LogP contribution in [-0.2, 0) is 0 Å². The van der Waals surface area contributed by atoms with Gasteiger partial charge in [0.05, 0.1) is 44.2 Å². The second kappa shape index (κ2) is 9.34. The maximum absolute atomic E-state index is 6.50. The molecule has 2 aromatic heterocycles. The minimum Gasteiger partial charge on any atom is -0.497 e. The number of nitrogens with zero attached hydrogens (tertiary/aromatic N) is 5. The van der Waals surface area contributed by atoms with Crippen LogP contribution in [0.3, 0.4) is 0 Å². The van der Waals surface area contributed by atoms with Crippen molar-refractivity contribution in [1.82, 2.24) is 19.5 Å². The molecule has 0 bridgehead atoms. The summed E-state index contributed by atoms with van der Waals surface area (Å²) >= 11 is 6.50. The molecule has 9 nitrogen and oxygen atoms in total. The van der Waals surface area contributed by atoms with Crippen molar-refractivity contribution in [3.63, 3.8) is 0 Å². The van der Waals surface area contributed by atoms with Crippen molar-refractivity contribution >= 4 is 29.1 Å². The molecule has 1 aliphatic rings. The van der Waals surface area contributed by atoms with Crippen LogP contribution in [-0.4, -0.2) is 47.4 Å². The van der Waals surface area contributed by atoms with Crippen LogP contribution < -0.4 is 24.4 Å². The Morgan fingerprint density at radius 1 is 1.11 bits per heavy atom. The van der Waals surface area contributed by atoms with Crippen LogP contribution >= 0.6 is 11.6 Å². The zero-order valence-corrected chi connectivity index (χ0v) is 20.6. The molecule has 0 spiro atoms. The molecule has 4 aromatic rings. The second-order valence-electron chi connectivity index (χ2n) is 8.14. The van der Waals surface area contributed by atoms with Gasteiger partial charge in [0.25, 0.3) is 0 Å². The molecule has 0 aliphatic carbocycles. The van der Waals surface area contributed by atoms with Gasteiger partial charge in [-0.2, -0.15) is 4.98 Å². The maximum Gasteiger partial charge on any atom is 0.229 e. The number of halogens is 1. The first kappa shape index (κ1) is 22.8. The quantitative estimate of drug-likeness (QED) is 0.404. The molecule has 0 saturated carbocycles. The van der Waals surface area contributed by atoms with E-state index in [0.717, 1.165) is 28.4 Å². The summed E-state index contributed by atoms with van der Waals surface area (Å²) in [5.41, 5.74) is 3.50. The van der Waals surface area contributed by atoms with Crippen molar-refractivity contribution < 1.29 is 14.2 Å². The largest absolute Gasteiger partial charge is 0.497 e. The van der Waals surface area contributed by atoms with Crippen LogP contribution in [0.1, 0.15) is 17.3 Å². The number of likely N-dealkylation sites (N-methyl/N-ethyl adjacent to an activating group) is 1. The highest BCUT2D eigenvalue weighted by Crippen LogP contribution is 2.40. The molecule has 0 saturated heterocycles. The third-order valence-electron chi connectivity index (χ3n) is 5.92. The Morgan fingerprint density at radius 2 is 1.97 bits per heavy atom. The maximum atomic E-state index is 6.50. The van der Waals surface area contributed by atoms with Gasteiger partial charge in [0.1, 0.15) is 18.1 Å². The zero-order valence-electron chi connectivity index (χ0n) is 19.8. The van der Waals surface area contributed by atoms with E-state index in [1.807, 2.05) is 66.0 Å². The predicted octanol–water partition coefficient (Wildman–Crippen LogP) is 4.95. The van der Waals surface area contributed by atoms with Crippen molar-refractivity contribution in [3.8, 4) is 22.9 Å². The molecule has 35 heavy (non-hydrogen) atoms. The Bertz CT molecular complexity index is 1380. The number of hydrogen-bond acceptors (Lipinski definition) is 8. The number of aromatic nitrogens is 4. The lowest BCUT2D eigenvalue weighted by Crippen LogP contribution is -2.34. The van der Waals surface area contributed by atoms with Crippen molar-refractivity contribution in [2.45, 2.75) is 13.0 Å². The molecule has 10 heteroatoms. The molecule has 0 amide bonds. The second-order valence-corrected chi connectivity index (χ2v) is 8.55. The van der Waals surface area contributed by atoms with Crippen molar-refractivity contribution in [1.29, 1.82) is 0 Å². The molecule has 180 valence electrons. The van der Waals surface area contributed by atoms with Gasteiger partial charge in [0, 0.05) is 35.6 Å². The highest BCUT2D eigenvalue weighted by atomic mass is 35.5. The van der Waals surface area contributed by atoms with Gasteiger partial charge >= 0.3 is 0 Å². The summed E-state index contributed by atoms with van der Waals surface area (Å²) in [6.45, 7) is 2.36. The van der Waals surface area contributed by atoms with Crippen molar-refractivity contribution in [2.24, 2.45) is 0 Å². The Morgan fingerprint density at radius 3 is 2.71 bits per heavy atom. The summed E-state index contributed by atoms with van der Waals surface area (Å²) in [4.78, 5) is 15.5. The summed E-state index contributed by atoms with van der Waals surface area (Å²) in [7, 11) is 5.23. The standard InChI is InChI=1S/C25H25ClN6O3/c1-15-12-32(14-28-15)20-8-5-16(9-22(20)34-4)29-25-27-11-23-24(30-25)31(2)21(13-35-23)18-10-17(33-3)6-7-19(18)26/h5-12,14,21H,13H2,1-4H3,(H,27,29,30). The zero-order chi connectivity index (χ0) is 24.5. The number of anilines is 3. The lowest BCUT2D eigenvalue weighted by Gasteiger charge is -2.35. The molecule has 0 fully saturated rings.